The summed E-state index contributed by atoms with van der Waals surface area (Å²) in [5, 5.41) is 11.9. The Kier molecular flexibility index (Phi) is 4.72. The number of nitrogens with one attached hydrogen (secondary N) is 1. The van der Waals surface area contributed by atoms with Gasteiger partial charge in [-0.2, -0.15) is 5.10 Å². The number of aromatic nitrogens is 3. The minimum absolute atomic E-state index is 0.188. The molecule has 2 heterocycles. The monoisotopic (exact) mass is 374 g/mol. The lowest BCUT2D eigenvalue weighted by Gasteiger charge is -2.11. The van der Waals surface area contributed by atoms with Gasteiger partial charge in [-0.15, -0.1) is 0 Å². The molecule has 0 aliphatic heterocycles. The van der Waals surface area contributed by atoms with Crippen molar-refractivity contribution >= 4 is 16.7 Å². The second-order valence-corrected chi connectivity index (χ2v) is 6.46. The van der Waals surface area contributed by atoms with Crippen LogP contribution >= 0.6 is 0 Å². The van der Waals surface area contributed by atoms with Crippen LogP contribution in [0.2, 0.25) is 0 Å². The zero-order valence-electron chi connectivity index (χ0n) is 15.3. The average Bonchev–Trinajstić information content (AvgIpc) is 3.14. The number of rotatable bonds is 5. The fraction of sp³-hybridized carbons (Fsp3) is 0.143. The van der Waals surface area contributed by atoms with Crippen LogP contribution in [0.25, 0.3) is 10.8 Å². The van der Waals surface area contributed by atoms with Crippen molar-refractivity contribution < 1.29 is 9.32 Å². The molecule has 7 nitrogen and oxygen atoms in total. The van der Waals surface area contributed by atoms with Crippen LogP contribution in [0.4, 0.5) is 0 Å². The van der Waals surface area contributed by atoms with Crippen molar-refractivity contribution in [3.8, 4) is 0 Å². The molecule has 0 unspecified atom stereocenters. The molecule has 1 amide bonds. The van der Waals surface area contributed by atoms with Crippen molar-refractivity contribution in [2.45, 2.75) is 20.0 Å². The van der Waals surface area contributed by atoms with Crippen LogP contribution in [0, 0.1) is 6.92 Å². The first-order valence-corrected chi connectivity index (χ1v) is 8.86. The summed E-state index contributed by atoms with van der Waals surface area (Å²) in [6, 6.07) is 18.3. The van der Waals surface area contributed by atoms with Gasteiger partial charge in [-0.1, -0.05) is 53.7 Å². The number of benzene rings is 2. The molecule has 0 aliphatic rings. The molecule has 2 aromatic heterocycles. The van der Waals surface area contributed by atoms with Crippen LogP contribution in [-0.2, 0) is 13.1 Å². The lowest BCUT2D eigenvalue weighted by atomic mass is 10.1. The predicted molar refractivity (Wildman–Crippen MR) is 104 cm³/mol. The maximum atomic E-state index is 12.8. The van der Waals surface area contributed by atoms with Gasteiger partial charge in [0.25, 0.3) is 11.5 Å². The molecule has 140 valence electrons. The molecular weight excluding hydrogens is 356 g/mol. The zero-order chi connectivity index (χ0) is 19.5. The van der Waals surface area contributed by atoms with Gasteiger partial charge in [0.05, 0.1) is 24.2 Å². The summed E-state index contributed by atoms with van der Waals surface area (Å²) in [5.74, 6) is 0.167. The van der Waals surface area contributed by atoms with Gasteiger partial charge in [-0.3, -0.25) is 9.59 Å². The molecule has 2 aromatic carbocycles. The number of nitrogens with zero attached hydrogens (tertiary/aromatic N) is 3. The number of amides is 1. The molecule has 0 atom stereocenters. The topological polar surface area (TPSA) is 90.0 Å². The molecule has 0 spiro atoms. The van der Waals surface area contributed by atoms with Crippen molar-refractivity contribution in [3.05, 3.63) is 93.7 Å². The minimum Gasteiger partial charge on any atom is -0.359 e. The first-order valence-electron chi connectivity index (χ1n) is 8.86. The van der Waals surface area contributed by atoms with Gasteiger partial charge < -0.3 is 9.84 Å². The number of hydrogen-bond donors (Lipinski definition) is 1. The van der Waals surface area contributed by atoms with E-state index in [-0.39, 0.29) is 30.2 Å². The van der Waals surface area contributed by atoms with E-state index in [4.69, 9.17) is 4.52 Å². The second kappa shape index (κ2) is 7.48. The van der Waals surface area contributed by atoms with E-state index in [9.17, 15) is 9.59 Å². The molecule has 0 saturated heterocycles. The third-order valence-electron chi connectivity index (χ3n) is 4.36. The molecule has 1 N–H and O–H groups in total. The maximum absolute atomic E-state index is 12.8. The average molecular weight is 374 g/mol. The van der Waals surface area contributed by atoms with E-state index in [0.29, 0.717) is 16.5 Å². The molecule has 28 heavy (non-hydrogen) atoms. The van der Waals surface area contributed by atoms with Gasteiger partial charge in [0, 0.05) is 11.5 Å². The number of fused-ring (bicyclic) bond motifs is 1. The Bertz CT molecular complexity index is 1200. The van der Waals surface area contributed by atoms with E-state index < -0.39 is 0 Å². The lowest BCUT2D eigenvalue weighted by Crippen LogP contribution is -2.30. The molecule has 4 rings (SSSR count). The number of hydrogen-bond acceptors (Lipinski definition) is 5. The first kappa shape index (κ1) is 17.7. The van der Waals surface area contributed by atoms with Crippen molar-refractivity contribution in [1.82, 2.24) is 20.3 Å². The molecular formula is C21H18N4O3. The molecule has 4 aromatic rings. The van der Waals surface area contributed by atoms with E-state index in [0.717, 1.165) is 11.3 Å². The van der Waals surface area contributed by atoms with Crippen LogP contribution in [0.5, 0.6) is 0 Å². The highest BCUT2D eigenvalue weighted by Gasteiger charge is 2.17. The Balaban J connectivity index is 1.70. The van der Waals surface area contributed by atoms with E-state index in [1.807, 2.05) is 37.3 Å². The van der Waals surface area contributed by atoms with Gasteiger partial charge in [0.2, 0.25) is 0 Å². The first-order chi connectivity index (χ1) is 13.6. The fourth-order valence-electron chi connectivity index (χ4n) is 3.02. The van der Waals surface area contributed by atoms with Gasteiger partial charge in [-0.25, -0.2) is 4.68 Å². The van der Waals surface area contributed by atoms with Gasteiger partial charge in [0.15, 0.2) is 11.5 Å². The summed E-state index contributed by atoms with van der Waals surface area (Å²) < 4.78 is 6.44. The summed E-state index contributed by atoms with van der Waals surface area (Å²) >= 11 is 0. The summed E-state index contributed by atoms with van der Waals surface area (Å²) in [7, 11) is 0. The Morgan fingerprint density at radius 2 is 1.79 bits per heavy atom. The fourth-order valence-corrected chi connectivity index (χ4v) is 3.02. The van der Waals surface area contributed by atoms with E-state index in [1.54, 1.807) is 30.3 Å². The molecule has 0 aliphatic carbocycles. The minimum atomic E-state index is -0.382. The molecule has 0 radical (unpaired) electrons. The molecule has 0 fully saturated rings. The largest absolute Gasteiger partial charge is 0.359 e. The van der Waals surface area contributed by atoms with Crippen LogP contribution in [0.3, 0.4) is 0 Å². The van der Waals surface area contributed by atoms with E-state index in [1.165, 1.54) is 4.68 Å². The Labute approximate surface area is 160 Å². The molecule has 7 heteroatoms. The lowest BCUT2D eigenvalue weighted by molar-refractivity contribution is 0.0941. The van der Waals surface area contributed by atoms with Gasteiger partial charge in [-0.05, 0) is 18.6 Å². The van der Waals surface area contributed by atoms with Crippen molar-refractivity contribution in [2.75, 3.05) is 0 Å². The van der Waals surface area contributed by atoms with E-state index in [2.05, 4.69) is 15.6 Å². The Hall–Kier alpha value is -3.74. The van der Waals surface area contributed by atoms with Crippen molar-refractivity contribution in [2.24, 2.45) is 0 Å². The van der Waals surface area contributed by atoms with Crippen LogP contribution in [0.15, 0.2) is 70.0 Å². The molecule has 0 saturated carbocycles. The third-order valence-corrected chi connectivity index (χ3v) is 4.36. The van der Waals surface area contributed by atoms with Crippen LogP contribution in [-0.4, -0.2) is 20.8 Å². The number of carbonyl (C=O) groups excluding carboxylic acids is 1. The van der Waals surface area contributed by atoms with Crippen molar-refractivity contribution in [3.63, 3.8) is 0 Å². The smallest absolute Gasteiger partial charge is 0.274 e. The Morgan fingerprint density at radius 1 is 1.07 bits per heavy atom. The van der Waals surface area contributed by atoms with Crippen molar-refractivity contribution in [1.29, 1.82) is 0 Å². The highest BCUT2D eigenvalue weighted by molar-refractivity contribution is 6.04. The normalized spacial score (nSPS) is 10.9. The summed E-state index contributed by atoms with van der Waals surface area (Å²) in [5.41, 5.74) is 1.63. The standard InChI is InChI=1S/C21H18N4O3/c1-14-11-16(28-24-14)12-22-20(26)19-17-9-5-6-10-18(17)21(27)25(23-19)13-15-7-3-2-4-8-15/h2-11H,12-13H2,1H3,(H,22,26). The SMILES string of the molecule is Cc1cc(CNC(=O)c2nn(Cc3ccccc3)c(=O)c3ccccc23)on1. The maximum Gasteiger partial charge on any atom is 0.274 e. The van der Waals surface area contributed by atoms with Gasteiger partial charge >= 0.3 is 0 Å². The van der Waals surface area contributed by atoms with Crippen LogP contribution < -0.4 is 10.9 Å². The highest BCUT2D eigenvalue weighted by atomic mass is 16.5. The van der Waals surface area contributed by atoms with Gasteiger partial charge in [0.1, 0.15) is 0 Å². The summed E-state index contributed by atoms with van der Waals surface area (Å²) in [4.78, 5) is 25.6. The quantitative estimate of drug-likeness (QED) is 0.580. The van der Waals surface area contributed by atoms with Crippen LogP contribution in [0.1, 0.15) is 27.5 Å². The third kappa shape index (κ3) is 3.55. The van der Waals surface area contributed by atoms with E-state index >= 15 is 0 Å². The Morgan fingerprint density at radius 3 is 2.50 bits per heavy atom. The highest BCUT2D eigenvalue weighted by Crippen LogP contribution is 2.14. The zero-order valence-corrected chi connectivity index (χ0v) is 15.3. The summed E-state index contributed by atoms with van der Waals surface area (Å²) in [6.07, 6.45) is 0. The second-order valence-electron chi connectivity index (χ2n) is 6.46. The molecule has 0 bridgehead atoms. The number of aryl methyl sites for hydroxylation is 1. The number of carbonyl (C=O) groups is 1. The summed E-state index contributed by atoms with van der Waals surface area (Å²) in [6.45, 7) is 2.28. The predicted octanol–water partition coefficient (Wildman–Crippen LogP) is 2.67.